The van der Waals surface area contributed by atoms with Gasteiger partial charge in [-0.05, 0) is 0 Å². The van der Waals surface area contributed by atoms with Crippen LogP contribution in [0, 0.1) is 0 Å². The fraction of sp³-hybridized carbons (Fsp3) is 0.750. The summed E-state index contributed by atoms with van der Waals surface area (Å²) in [5, 5.41) is 14.9. The molecule has 2 N–H and O–H groups in total. The van der Waals surface area contributed by atoms with Gasteiger partial charge >= 0.3 is 65.1 Å². The monoisotopic (exact) mass is 186 g/mol. The zero-order valence-corrected chi connectivity index (χ0v) is 5.56. The first-order chi connectivity index (χ1) is 3.77. The molecule has 0 heterocycles. The second-order valence-corrected chi connectivity index (χ2v) is 1.31. The molecule has 0 aromatic carbocycles. The van der Waals surface area contributed by atoms with Gasteiger partial charge in [0.25, 0.3) is 0 Å². The Hall–Kier alpha value is 1.78. The Balaban J connectivity index is -0.0000000412. The summed E-state index contributed by atoms with van der Waals surface area (Å²) in [7, 11) is 1.00. The molecule has 6 heteroatoms. The van der Waals surface area contributed by atoms with E-state index in [-0.39, 0.29) is 65.5 Å². The molecule has 3 nitrogen and oxygen atoms in total. The molecule has 0 atom stereocenters. The van der Waals surface area contributed by atoms with Crippen molar-refractivity contribution in [1.82, 2.24) is 0 Å². The van der Waals surface area contributed by atoms with Crippen molar-refractivity contribution < 1.29 is 15.0 Å². The molecule has 0 aliphatic rings. The number of carboxylic acids is 1. The Labute approximate surface area is 111 Å². The van der Waals surface area contributed by atoms with E-state index in [1.165, 1.54) is 0 Å². The van der Waals surface area contributed by atoms with Crippen molar-refractivity contribution in [2.45, 2.75) is 6.42 Å². The van der Waals surface area contributed by atoms with Gasteiger partial charge in [0.1, 0.15) is 0 Å². The second kappa shape index (κ2) is 22.4. The number of hydrogen-bond donors (Lipinski definition) is 3. The maximum atomic E-state index is 9.55. The SMILES string of the molecule is CO.O=C(O)CCS.[NaH].[NaH]. The van der Waals surface area contributed by atoms with Gasteiger partial charge in [0, 0.05) is 12.9 Å². The molecule has 0 amide bonds. The molecule has 54 valence electrons. The molecule has 0 radical (unpaired) electrons. The van der Waals surface area contributed by atoms with Crippen LogP contribution in [0.5, 0.6) is 0 Å². The van der Waals surface area contributed by atoms with E-state index >= 15 is 0 Å². The molecule has 10 heavy (non-hydrogen) atoms. The maximum absolute atomic E-state index is 9.55. The van der Waals surface area contributed by atoms with E-state index in [9.17, 15) is 4.79 Å². The van der Waals surface area contributed by atoms with Crippen LogP contribution < -0.4 is 0 Å². The van der Waals surface area contributed by atoms with Crippen LogP contribution in [0.4, 0.5) is 0 Å². The number of aliphatic hydroxyl groups excluding tert-OH is 1. The van der Waals surface area contributed by atoms with Crippen molar-refractivity contribution in [2.24, 2.45) is 0 Å². The summed E-state index contributed by atoms with van der Waals surface area (Å²) < 4.78 is 0. The summed E-state index contributed by atoms with van der Waals surface area (Å²) in [5.41, 5.74) is 0. The quantitative estimate of drug-likeness (QED) is 0.371. The molecule has 0 aliphatic carbocycles. The molecule has 0 saturated heterocycles. The molecule has 0 saturated carbocycles. The van der Waals surface area contributed by atoms with E-state index in [1.807, 2.05) is 0 Å². The Morgan fingerprint density at radius 1 is 1.40 bits per heavy atom. The van der Waals surface area contributed by atoms with Crippen molar-refractivity contribution in [3.8, 4) is 0 Å². The third-order valence-corrected chi connectivity index (χ3v) is 0.549. The van der Waals surface area contributed by atoms with Crippen molar-refractivity contribution in [2.75, 3.05) is 12.9 Å². The fourth-order valence-electron chi connectivity index (χ4n) is 0.0956. The summed E-state index contributed by atoms with van der Waals surface area (Å²) in [6.45, 7) is 0. The van der Waals surface area contributed by atoms with E-state index in [2.05, 4.69) is 12.6 Å². The predicted octanol–water partition coefficient (Wildman–Crippen LogP) is -1.30. The summed E-state index contributed by atoms with van der Waals surface area (Å²) in [5.74, 6) is -0.361. The molecule has 0 bridgehead atoms. The van der Waals surface area contributed by atoms with Gasteiger partial charge in [0.05, 0.1) is 6.42 Å². The number of thiol groups is 1. The standard InChI is InChI=1S/C3H6O2S.CH4O.2Na.2H/c4-3(5)1-2-6;1-2;;;;/h6H,1-2H2,(H,4,5);2H,1H3;;;;. The molecular formula is C4H12Na2O3S. The number of carbonyl (C=O) groups is 1. The zero-order chi connectivity index (χ0) is 6.99. The summed E-state index contributed by atoms with van der Waals surface area (Å²) >= 11 is 3.68. The Morgan fingerprint density at radius 3 is 1.70 bits per heavy atom. The van der Waals surface area contributed by atoms with E-state index in [4.69, 9.17) is 10.2 Å². The van der Waals surface area contributed by atoms with Gasteiger partial charge in [0.2, 0.25) is 0 Å². The first-order valence-corrected chi connectivity index (χ1v) is 2.68. The molecule has 0 aromatic rings. The summed E-state index contributed by atoms with van der Waals surface area (Å²) in [6.07, 6.45) is 0.156. The first kappa shape index (κ1) is 22.6. The van der Waals surface area contributed by atoms with Gasteiger partial charge in [-0.3, -0.25) is 4.79 Å². The number of aliphatic hydroxyl groups is 1. The molecule has 0 spiro atoms. The molecule has 0 aromatic heterocycles. The van der Waals surface area contributed by atoms with Gasteiger partial charge < -0.3 is 10.2 Å². The Morgan fingerprint density at radius 2 is 1.70 bits per heavy atom. The van der Waals surface area contributed by atoms with Crippen molar-refractivity contribution >= 4 is 77.7 Å². The normalized spacial score (nSPS) is 5.50. The van der Waals surface area contributed by atoms with Crippen molar-refractivity contribution in [1.29, 1.82) is 0 Å². The number of aliphatic carboxylic acids is 1. The summed E-state index contributed by atoms with van der Waals surface area (Å²) in [4.78, 5) is 9.55. The fourth-order valence-corrected chi connectivity index (χ4v) is 0.287. The molecule has 0 unspecified atom stereocenters. The van der Waals surface area contributed by atoms with Crippen LogP contribution in [0.25, 0.3) is 0 Å². The minimum absolute atomic E-state index is 0. The van der Waals surface area contributed by atoms with Crippen LogP contribution in [0.3, 0.4) is 0 Å². The first-order valence-electron chi connectivity index (χ1n) is 2.04. The average molecular weight is 186 g/mol. The van der Waals surface area contributed by atoms with Gasteiger partial charge in [0.15, 0.2) is 0 Å². The third-order valence-electron chi connectivity index (χ3n) is 0.326. The molecule has 0 rings (SSSR count). The van der Waals surface area contributed by atoms with Gasteiger partial charge in [-0.25, -0.2) is 0 Å². The van der Waals surface area contributed by atoms with Crippen LogP contribution in [-0.4, -0.2) is 88.2 Å². The van der Waals surface area contributed by atoms with Crippen LogP contribution in [-0.2, 0) is 4.79 Å². The minimum atomic E-state index is -0.787. The van der Waals surface area contributed by atoms with Crippen LogP contribution in [0.15, 0.2) is 0 Å². The Bertz CT molecular complexity index is 62.5. The van der Waals surface area contributed by atoms with Gasteiger partial charge in [-0.2, -0.15) is 12.6 Å². The van der Waals surface area contributed by atoms with Gasteiger partial charge in [-0.15, -0.1) is 0 Å². The van der Waals surface area contributed by atoms with Crippen molar-refractivity contribution in [3.63, 3.8) is 0 Å². The topological polar surface area (TPSA) is 57.5 Å². The predicted molar refractivity (Wildman–Crippen MR) is 48.5 cm³/mol. The van der Waals surface area contributed by atoms with Crippen molar-refractivity contribution in [3.05, 3.63) is 0 Å². The molecular weight excluding hydrogens is 174 g/mol. The van der Waals surface area contributed by atoms with E-state index in [1.54, 1.807) is 0 Å². The van der Waals surface area contributed by atoms with Crippen LogP contribution in [0.1, 0.15) is 6.42 Å². The van der Waals surface area contributed by atoms with Crippen LogP contribution in [0.2, 0.25) is 0 Å². The average Bonchev–Trinajstić information content (AvgIpc) is 1.72. The molecule has 0 aliphatic heterocycles. The molecule has 0 fully saturated rings. The zero-order valence-electron chi connectivity index (χ0n) is 4.66. The third kappa shape index (κ3) is 33.0. The summed E-state index contributed by atoms with van der Waals surface area (Å²) in [6, 6.07) is 0. The number of carboxylic acid groups (broad SMARTS) is 1. The number of hydrogen-bond acceptors (Lipinski definition) is 3. The van der Waals surface area contributed by atoms with Gasteiger partial charge in [-0.1, -0.05) is 0 Å². The van der Waals surface area contributed by atoms with E-state index in [0.717, 1.165) is 7.11 Å². The van der Waals surface area contributed by atoms with E-state index in [0.29, 0.717) is 5.75 Å². The number of rotatable bonds is 2. The van der Waals surface area contributed by atoms with Crippen LogP contribution >= 0.6 is 12.6 Å². The second-order valence-electron chi connectivity index (χ2n) is 0.867. The Kier molecular flexibility index (Phi) is 50.7. The van der Waals surface area contributed by atoms with E-state index < -0.39 is 5.97 Å².